The molecule has 1 aliphatic heterocycles. The highest BCUT2D eigenvalue weighted by Crippen LogP contribution is 2.38. The van der Waals surface area contributed by atoms with Crippen molar-refractivity contribution in [2.45, 2.75) is 31.5 Å². The van der Waals surface area contributed by atoms with Gasteiger partial charge in [-0.2, -0.15) is 5.10 Å². The maximum absolute atomic E-state index is 10.9. The van der Waals surface area contributed by atoms with Gasteiger partial charge in [-0.25, -0.2) is 0 Å². The molecule has 18 heavy (non-hydrogen) atoms. The summed E-state index contributed by atoms with van der Waals surface area (Å²) >= 11 is 3.49. The van der Waals surface area contributed by atoms with Crippen LogP contribution in [-0.2, 0) is 16.9 Å². The topological polar surface area (TPSA) is 50.5 Å². The van der Waals surface area contributed by atoms with Crippen LogP contribution in [-0.4, -0.2) is 53.1 Å². The molecule has 0 amide bonds. The molecule has 1 fully saturated rings. The molecule has 2 rings (SSSR count). The number of halogens is 1. The molecule has 2 atom stereocenters. The van der Waals surface area contributed by atoms with E-state index < -0.39 is 5.60 Å². The third-order valence-electron chi connectivity index (χ3n) is 3.64. The van der Waals surface area contributed by atoms with Crippen molar-refractivity contribution in [3.05, 3.63) is 16.4 Å². The lowest BCUT2D eigenvalue weighted by Gasteiger charge is -2.24. The number of likely N-dealkylation sites (N-methyl/N-ethyl adjacent to an activating group) is 1. The van der Waals surface area contributed by atoms with Crippen molar-refractivity contribution in [2.75, 3.05) is 27.3 Å². The van der Waals surface area contributed by atoms with E-state index in [1.165, 1.54) is 0 Å². The van der Waals surface area contributed by atoms with E-state index in [1.54, 1.807) is 13.3 Å². The Kier molecular flexibility index (Phi) is 4.11. The lowest BCUT2D eigenvalue weighted by molar-refractivity contribution is 0.0368. The normalized spacial score (nSPS) is 29.1. The van der Waals surface area contributed by atoms with Crippen molar-refractivity contribution >= 4 is 15.9 Å². The zero-order valence-electron chi connectivity index (χ0n) is 11.1. The van der Waals surface area contributed by atoms with Crippen molar-refractivity contribution in [1.29, 1.82) is 0 Å². The molecule has 1 aromatic rings. The molecular formula is C12H20BrN3O2. The van der Waals surface area contributed by atoms with Crippen molar-refractivity contribution in [3.8, 4) is 0 Å². The molecule has 102 valence electrons. The standard InChI is InChI=1S/C12H20BrN3O2/c1-9-6-12(17,8-15(9)2)11-10(13)7-14-16(11)4-5-18-3/h7,9,17H,4-6,8H2,1-3H3. The molecule has 1 aromatic heterocycles. The zero-order valence-corrected chi connectivity index (χ0v) is 12.6. The first-order valence-corrected chi connectivity index (χ1v) is 6.90. The Morgan fingerprint density at radius 2 is 2.39 bits per heavy atom. The molecule has 1 saturated heterocycles. The van der Waals surface area contributed by atoms with Gasteiger partial charge in [-0.1, -0.05) is 0 Å². The van der Waals surface area contributed by atoms with Gasteiger partial charge in [0.25, 0.3) is 0 Å². The third-order valence-corrected chi connectivity index (χ3v) is 4.22. The minimum atomic E-state index is -0.836. The van der Waals surface area contributed by atoms with Crippen molar-refractivity contribution in [3.63, 3.8) is 0 Å². The van der Waals surface area contributed by atoms with Gasteiger partial charge in [-0.15, -0.1) is 0 Å². The fourth-order valence-corrected chi connectivity index (χ4v) is 3.29. The summed E-state index contributed by atoms with van der Waals surface area (Å²) < 4.78 is 7.78. The van der Waals surface area contributed by atoms with E-state index in [0.29, 0.717) is 25.7 Å². The molecular weight excluding hydrogens is 298 g/mol. The Bertz CT molecular complexity index is 411. The predicted molar refractivity (Wildman–Crippen MR) is 72.4 cm³/mol. The van der Waals surface area contributed by atoms with E-state index >= 15 is 0 Å². The highest BCUT2D eigenvalue weighted by Gasteiger charge is 2.43. The number of nitrogens with zero attached hydrogens (tertiary/aromatic N) is 3. The summed E-state index contributed by atoms with van der Waals surface area (Å²) in [5, 5.41) is 15.2. The Balaban J connectivity index is 2.29. The smallest absolute Gasteiger partial charge is 0.121 e. The van der Waals surface area contributed by atoms with Crippen LogP contribution in [0.3, 0.4) is 0 Å². The van der Waals surface area contributed by atoms with Crippen LogP contribution >= 0.6 is 15.9 Å². The van der Waals surface area contributed by atoms with Crippen LogP contribution in [0.5, 0.6) is 0 Å². The predicted octanol–water partition coefficient (Wildman–Crippen LogP) is 1.20. The monoisotopic (exact) mass is 317 g/mol. The zero-order chi connectivity index (χ0) is 13.3. The molecule has 6 heteroatoms. The summed E-state index contributed by atoms with van der Waals surface area (Å²) in [5.41, 5.74) is 0.0211. The molecule has 2 heterocycles. The molecule has 5 nitrogen and oxygen atoms in total. The maximum Gasteiger partial charge on any atom is 0.121 e. The Hall–Kier alpha value is -0.430. The fourth-order valence-electron chi connectivity index (χ4n) is 2.62. The van der Waals surface area contributed by atoms with Crippen LogP contribution in [0.2, 0.25) is 0 Å². The number of likely N-dealkylation sites (tertiary alicyclic amines) is 1. The number of rotatable bonds is 4. The summed E-state index contributed by atoms with van der Waals surface area (Å²) in [5.74, 6) is 0. The average molecular weight is 318 g/mol. The van der Waals surface area contributed by atoms with Gasteiger partial charge in [0, 0.05) is 19.7 Å². The van der Waals surface area contributed by atoms with Crippen molar-refractivity contribution in [2.24, 2.45) is 0 Å². The van der Waals surface area contributed by atoms with Crippen LogP contribution in [0.15, 0.2) is 10.7 Å². The second-order valence-corrected chi connectivity index (χ2v) is 5.91. The summed E-state index contributed by atoms with van der Waals surface area (Å²) in [4.78, 5) is 2.17. The fraction of sp³-hybridized carbons (Fsp3) is 0.750. The SMILES string of the molecule is COCCn1ncc(Br)c1C1(O)CC(C)N(C)C1. The van der Waals surface area contributed by atoms with E-state index in [0.717, 1.165) is 16.6 Å². The van der Waals surface area contributed by atoms with E-state index in [9.17, 15) is 5.11 Å². The van der Waals surface area contributed by atoms with Gasteiger partial charge in [0.2, 0.25) is 0 Å². The number of hydrogen-bond donors (Lipinski definition) is 1. The number of methoxy groups -OCH3 is 1. The first-order valence-electron chi connectivity index (χ1n) is 6.11. The van der Waals surface area contributed by atoms with Crippen LogP contribution in [0.25, 0.3) is 0 Å². The minimum Gasteiger partial charge on any atom is -0.383 e. The van der Waals surface area contributed by atoms with Crippen LogP contribution in [0.4, 0.5) is 0 Å². The highest BCUT2D eigenvalue weighted by molar-refractivity contribution is 9.10. The number of β-amino-alcohol motifs (C(OH)–C–C–N with tert-alkyl or cyclic N) is 1. The Morgan fingerprint density at radius 3 is 2.94 bits per heavy atom. The van der Waals surface area contributed by atoms with Gasteiger partial charge in [0.05, 0.1) is 29.5 Å². The van der Waals surface area contributed by atoms with E-state index in [-0.39, 0.29) is 0 Å². The first kappa shape index (κ1) is 14.0. The average Bonchev–Trinajstić information content (AvgIpc) is 2.78. The number of ether oxygens (including phenoxy) is 1. The van der Waals surface area contributed by atoms with Gasteiger partial charge in [-0.05, 0) is 36.3 Å². The summed E-state index contributed by atoms with van der Waals surface area (Å²) in [6.45, 7) is 3.99. The van der Waals surface area contributed by atoms with Gasteiger partial charge in [0.15, 0.2) is 0 Å². The van der Waals surface area contributed by atoms with E-state index in [2.05, 4.69) is 32.9 Å². The summed E-state index contributed by atoms with van der Waals surface area (Å²) in [6.07, 6.45) is 2.47. The Morgan fingerprint density at radius 1 is 1.67 bits per heavy atom. The van der Waals surface area contributed by atoms with Gasteiger partial charge < -0.3 is 14.7 Å². The summed E-state index contributed by atoms with van der Waals surface area (Å²) in [6, 6.07) is 0.368. The van der Waals surface area contributed by atoms with Crippen LogP contribution < -0.4 is 0 Å². The maximum atomic E-state index is 10.9. The lowest BCUT2D eigenvalue weighted by atomic mass is 9.96. The molecule has 0 aliphatic carbocycles. The molecule has 0 spiro atoms. The van der Waals surface area contributed by atoms with Gasteiger partial charge in [-0.3, -0.25) is 4.68 Å². The minimum absolute atomic E-state index is 0.368. The van der Waals surface area contributed by atoms with Crippen molar-refractivity contribution < 1.29 is 9.84 Å². The molecule has 0 radical (unpaired) electrons. The number of hydrogen-bond acceptors (Lipinski definition) is 4. The second-order valence-electron chi connectivity index (χ2n) is 5.06. The molecule has 1 N–H and O–H groups in total. The van der Waals surface area contributed by atoms with Gasteiger partial charge >= 0.3 is 0 Å². The molecule has 2 unspecified atom stereocenters. The Labute approximate surface area is 116 Å². The van der Waals surface area contributed by atoms with Crippen molar-refractivity contribution in [1.82, 2.24) is 14.7 Å². The molecule has 0 aromatic carbocycles. The first-order chi connectivity index (χ1) is 8.48. The number of aromatic nitrogens is 2. The second kappa shape index (κ2) is 5.28. The molecule has 0 bridgehead atoms. The van der Waals surface area contributed by atoms with Crippen LogP contribution in [0, 0.1) is 0 Å². The quantitative estimate of drug-likeness (QED) is 0.906. The molecule has 1 aliphatic rings. The number of aliphatic hydroxyl groups is 1. The summed E-state index contributed by atoms with van der Waals surface area (Å²) in [7, 11) is 3.70. The van der Waals surface area contributed by atoms with E-state index in [4.69, 9.17) is 4.74 Å². The third kappa shape index (κ3) is 2.47. The highest BCUT2D eigenvalue weighted by atomic mass is 79.9. The van der Waals surface area contributed by atoms with Crippen LogP contribution in [0.1, 0.15) is 19.0 Å². The largest absolute Gasteiger partial charge is 0.383 e. The van der Waals surface area contributed by atoms with E-state index in [1.807, 2.05) is 11.7 Å². The lowest BCUT2D eigenvalue weighted by Crippen LogP contribution is -2.33. The molecule has 0 saturated carbocycles. The van der Waals surface area contributed by atoms with Gasteiger partial charge in [0.1, 0.15) is 5.60 Å².